The Morgan fingerprint density at radius 1 is 1.43 bits per heavy atom. The van der Waals surface area contributed by atoms with Crippen LogP contribution in [0.5, 0.6) is 0 Å². The van der Waals surface area contributed by atoms with Crippen molar-refractivity contribution in [1.29, 1.82) is 0 Å². The minimum absolute atomic E-state index is 0.0350. The zero-order valence-corrected chi connectivity index (χ0v) is 12.3. The van der Waals surface area contributed by atoms with Gasteiger partial charge in [0.1, 0.15) is 0 Å². The van der Waals surface area contributed by atoms with Gasteiger partial charge in [-0.3, -0.25) is 9.69 Å². The lowest BCUT2D eigenvalue weighted by atomic mass is 10.0. The summed E-state index contributed by atoms with van der Waals surface area (Å²) in [5, 5.41) is 12.4. The molecule has 1 aliphatic rings. The molecule has 0 unspecified atom stereocenters. The fourth-order valence-electron chi connectivity index (χ4n) is 2.31. The molecule has 0 aromatic heterocycles. The largest absolute Gasteiger partial charge is 0.465 e. The third-order valence-electron chi connectivity index (χ3n) is 3.46. The summed E-state index contributed by atoms with van der Waals surface area (Å²) in [6.07, 6.45) is -1.29. The molecule has 1 saturated heterocycles. The lowest BCUT2D eigenvalue weighted by Gasteiger charge is -2.37. The van der Waals surface area contributed by atoms with Gasteiger partial charge in [-0.25, -0.2) is 4.79 Å². The highest BCUT2D eigenvalue weighted by Gasteiger charge is 2.35. The molecule has 114 valence electrons. The first-order chi connectivity index (χ1) is 10.0. The third-order valence-corrected chi connectivity index (χ3v) is 3.71. The average molecular weight is 313 g/mol. The molecule has 0 aliphatic carbocycles. The van der Waals surface area contributed by atoms with Gasteiger partial charge in [0, 0.05) is 12.1 Å². The van der Waals surface area contributed by atoms with E-state index in [-0.39, 0.29) is 25.1 Å². The number of ether oxygens (including phenoxy) is 1. The first-order valence-electron chi connectivity index (χ1n) is 6.58. The highest BCUT2D eigenvalue weighted by Crippen LogP contribution is 2.18. The zero-order chi connectivity index (χ0) is 15.4. The van der Waals surface area contributed by atoms with Crippen LogP contribution < -0.4 is 5.32 Å². The molecule has 1 aromatic carbocycles. The van der Waals surface area contributed by atoms with Gasteiger partial charge >= 0.3 is 6.09 Å². The lowest BCUT2D eigenvalue weighted by Crippen LogP contribution is -2.56. The predicted molar refractivity (Wildman–Crippen MR) is 77.5 cm³/mol. The summed E-state index contributed by atoms with van der Waals surface area (Å²) < 4.78 is 5.48. The number of amides is 2. The van der Waals surface area contributed by atoms with Crippen molar-refractivity contribution in [1.82, 2.24) is 10.2 Å². The summed E-state index contributed by atoms with van der Waals surface area (Å²) in [6, 6.07) is 6.92. The number of rotatable bonds is 3. The summed E-state index contributed by atoms with van der Waals surface area (Å²) in [5.41, 5.74) is 0.970. The van der Waals surface area contributed by atoms with Crippen LogP contribution in [0.15, 0.2) is 24.3 Å². The summed E-state index contributed by atoms with van der Waals surface area (Å²) in [6.45, 7) is 0.222. The van der Waals surface area contributed by atoms with Gasteiger partial charge in [-0.05, 0) is 24.1 Å². The smallest absolute Gasteiger partial charge is 0.407 e. The number of halogens is 1. The molecule has 1 aromatic rings. The number of nitrogens with zero attached hydrogens (tertiary/aromatic N) is 1. The van der Waals surface area contributed by atoms with Gasteiger partial charge in [0.25, 0.3) is 5.91 Å². The number of likely N-dealkylation sites (N-methyl/N-ethyl adjacent to an activating group) is 1. The average Bonchev–Trinajstić information content (AvgIpc) is 2.49. The van der Waals surface area contributed by atoms with Gasteiger partial charge in [0.2, 0.25) is 0 Å². The van der Waals surface area contributed by atoms with E-state index in [1.165, 1.54) is 11.9 Å². The Kier molecular flexibility index (Phi) is 5.03. The van der Waals surface area contributed by atoms with Gasteiger partial charge in [0.05, 0.1) is 19.2 Å². The van der Waals surface area contributed by atoms with Crippen LogP contribution in [0.1, 0.15) is 5.56 Å². The van der Waals surface area contributed by atoms with E-state index in [1.807, 2.05) is 12.1 Å². The predicted octanol–water partition coefficient (Wildman–Crippen LogP) is 1.38. The van der Waals surface area contributed by atoms with Crippen LogP contribution >= 0.6 is 11.6 Å². The fourth-order valence-corrected chi connectivity index (χ4v) is 2.44. The quantitative estimate of drug-likeness (QED) is 0.883. The van der Waals surface area contributed by atoms with E-state index in [4.69, 9.17) is 16.3 Å². The van der Waals surface area contributed by atoms with Gasteiger partial charge < -0.3 is 15.2 Å². The Labute approximate surface area is 127 Å². The molecule has 0 bridgehead atoms. The summed E-state index contributed by atoms with van der Waals surface area (Å²) in [7, 11) is 1.50. The minimum atomic E-state index is -1.05. The van der Waals surface area contributed by atoms with Crippen molar-refractivity contribution in [3.8, 4) is 0 Å². The maximum Gasteiger partial charge on any atom is 0.407 e. The van der Waals surface area contributed by atoms with Crippen molar-refractivity contribution in [2.24, 2.45) is 0 Å². The normalized spacial score (nSPS) is 21.9. The molecule has 0 radical (unpaired) electrons. The summed E-state index contributed by atoms with van der Waals surface area (Å²) in [5.74, 6) is -0.314. The van der Waals surface area contributed by atoms with E-state index in [0.717, 1.165) is 5.56 Å². The minimum Gasteiger partial charge on any atom is -0.465 e. The SMILES string of the molecule is CNC(=O)[C@H]1CN(C(=O)O)[C@@H](Cc2ccc(Cl)cc2)CO1. The number of hydrogen-bond donors (Lipinski definition) is 2. The maximum absolute atomic E-state index is 11.6. The Morgan fingerprint density at radius 2 is 2.10 bits per heavy atom. The summed E-state index contributed by atoms with van der Waals surface area (Å²) in [4.78, 5) is 24.2. The molecule has 2 amide bonds. The third kappa shape index (κ3) is 3.86. The maximum atomic E-state index is 11.6. The van der Waals surface area contributed by atoms with E-state index in [9.17, 15) is 14.7 Å². The van der Waals surface area contributed by atoms with Crippen LogP contribution in [0.25, 0.3) is 0 Å². The van der Waals surface area contributed by atoms with Crippen LogP contribution in [0.4, 0.5) is 4.79 Å². The number of carbonyl (C=O) groups is 2. The van der Waals surface area contributed by atoms with Crippen molar-refractivity contribution in [2.75, 3.05) is 20.2 Å². The molecular formula is C14H17ClN2O4. The molecule has 0 spiro atoms. The Morgan fingerprint density at radius 3 is 2.67 bits per heavy atom. The number of hydrogen-bond acceptors (Lipinski definition) is 3. The molecule has 7 heteroatoms. The van der Waals surface area contributed by atoms with Crippen LogP contribution in [-0.2, 0) is 16.0 Å². The van der Waals surface area contributed by atoms with Gasteiger partial charge in [-0.1, -0.05) is 23.7 Å². The topological polar surface area (TPSA) is 78.9 Å². The molecule has 21 heavy (non-hydrogen) atoms. The molecule has 1 aliphatic heterocycles. The lowest BCUT2D eigenvalue weighted by molar-refractivity contribution is -0.139. The molecule has 1 heterocycles. The van der Waals surface area contributed by atoms with Crippen molar-refractivity contribution in [2.45, 2.75) is 18.6 Å². The molecule has 0 saturated carbocycles. The number of carbonyl (C=O) groups excluding carboxylic acids is 1. The number of benzene rings is 1. The molecular weight excluding hydrogens is 296 g/mol. The standard InChI is InChI=1S/C14H17ClN2O4/c1-16-13(18)12-7-17(14(19)20)11(8-21-12)6-9-2-4-10(15)5-3-9/h2-5,11-12H,6-8H2,1H3,(H,16,18)(H,19,20)/t11-,12+/m0/s1. The highest BCUT2D eigenvalue weighted by atomic mass is 35.5. The van der Waals surface area contributed by atoms with Crippen LogP contribution in [0, 0.1) is 0 Å². The van der Waals surface area contributed by atoms with Crippen LogP contribution in [-0.4, -0.2) is 54.4 Å². The Balaban J connectivity index is 2.07. The van der Waals surface area contributed by atoms with Gasteiger partial charge in [0.15, 0.2) is 6.10 Å². The second-order valence-corrected chi connectivity index (χ2v) is 5.29. The van der Waals surface area contributed by atoms with E-state index < -0.39 is 12.2 Å². The Hall–Kier alpha value is -1.79. The van der Waals surface area contributed by atoms with Crippen molar-refractivity contribution in [3.05, 3.63) is 34.9 Å². The molecule has 2 atom stereocenters. The monoisotopic (exact) mass is 312 g/mol. The van der Waals surface area contributed by atoms with Crippen LogP contribution in [0.3, 0.4) is 0 Å². The van der Waals surface area contributed by atoms with Crippen LogP contribution in [0.2, 0.25) is 5.02 Å². The summed E-state index contributed by atoms with van der Waals surface area (Å²) >= 11 is 5.83. The molecule has 2 rings (SSSR count). The second-order valence-electron chi connectivity index (χ2n) is 4.86. The van der Waals surface area contributed by atoms with E-state index in [2.05, 4.69) is 5.32 Å². The second kappa shape index (κ2) is 6.78. The number of morpholine rings is 1. The van der Waals surface area contributed by atoms with Crippen molar-refractivity contribution in [3.63, 3.8) is 0 Å². The molecule has 1 fully saturated rings. The fraction of sp³-hybridized carbons (Fsp3) is 0.429. The van der Waals surface area contributed by atoms with Gasteiger partial charge in [-0.2, -0.15) is 0 Å². The zero-order valence-electron chi connectivity index (χ0n) is 11.6. The van der Waals surface area contributed by atoms with Crippen molar-refractivity contribution >= 4 is 23.6 Å². The number of carboxylic acid groups (broad SMARTS) is 1. The van der Waals surface area contributed by atoms with E-state index in [0.29, 0.717) is 11.4 Å². The van der Waals surface area contributed by atoms with E-state index >= 15 is 0 Å². The molecule has 2 N–H and O–H groups in total. The van der Waals surface area contributed by atoms with E-state index in [1.54, 1.807) is 12.1 Å². The highest BCUT2D eigenvalue weighted by molar-refractivity contribution is 6.30. The Bertz CT molecular complexity index is 520. The van der Waals surface area contributed by atoms with Gasteiger partial charge in [-0.15, -0.1) is 0 Å². The van der Waals surface area contributed by atoms with Crippen molar-refractivity contribution < 1.29 is 19.4 Å². The molecule has 6 nitrogen and oxygen atoms in total. The first kappa shape index (κ1) is 15.6. The number of nitrogens with one attached hydrogen (secondary N) is 1. The first-order valence-corrected chi connectivity index (χ1v) is 6.96.